The van der Waals surface area contributed by atoms with Crippen molar-refractivity contribution in [3.8, 4) is 0 Å². The predicted molar refractivity (Wildman–Crippen MR) is 81.3 cm³/mol. The summed E-state index contributed by atoms with van der Waals surface area (Å²) in [6, 6.07) is 7.20. The molecule has 2 unspecified atom stereocenters. The molecule has 0 radical (unpaired) electrons. The Balaban J connectivity index is 1.84. The molecule has 2 rings (SSSR count). The van der Waals surface area contributed by atoms with Crippen LogP contribution in [0.5, 0.6) is 0 Å². The molecule has 0 spiro atoms. The van der Waals surface area contributed by atoms with Crippen molar-refractivity contribution in [3.05, 3.63) is 34.9 Å². The molecule has 1 aliphatic rings. The molecule has 1 fully saturated rings. The molecule has 1 saturated carbocycles. The summed E-state index contributed by atoms with van der Waals surface area (Å²) in [6.07, 6.45) is 4.39. The third-order valence-electron chi connectivity index (χ3n) is 4.12. The average Bonchev–Trinajstić information content (AvgIpc) is 2.45. The lowest BCUT2D eigenvalue weighted by atomic mass is 9.91. The van der Waals surface area contributed by atoms with Gasteiger partial charge in [-0.15, -0.1) is 0 Å². The highest BCUT2D eigenvalue weighted by atomic mass is 35.5. The van der Waals surface area contributed by atoms with Gasteiger partial charge in [0.1, 0.15) is 0 Å². The number of carbonyl (C=O) groups is 1. The summed E-state index contributed by atoms with van der Waals surface area (Å²) < 4.78 is 0. The van der Waals surface area contributed by atoms with Gasteiger partial charge in [0.2, 0.25) is 0 Å². The van der Waals surface area contributed by atoms with Crippen molar-refractivity contribution < 1.29 is 9.90 Å². The smallest absolute Gasteiger partial charge is 0.164 e. The van der Waals surface area contributed by atoms with Gasteiger partial charge in [-0.3, -0.25) is 4.79 Å². The summed E-state index contributed by atoms with van der Waals surface area (Å²) in [7, 11) is 1.99. The molecule has 0 heterocycles. The number of rotatable bonds is 5. The molecular weight excluding hydrogens is 274 g/mol. The summed E-state index contributed by atoms with van der Waals surface area (Å²) in [4.78, 5) is 14.2. The molecule has 0 aliphatic heterocycles. The van der Waals surface area contributed by atoms with Crippen molar-refractivity contribution in [3.63, 3.8) is 0 Å². The Morgan fingerprint density at radius 3 is 2.60 bits per heavy atom. The minimum atomic E-state index is -0.251. The molecule has 0 bridgehead atoms. The number of nitrogens with zero attached hydrogens (tertiary/aromatic N) is 1. The molecule has 2 atom stereocenters. The van der Waals surface area contributed by atoms with E-state index in [0.29, 0.717) is 23.6 Å². The topological polar surface area (TPSA) is 40.5 Å². The minimum Gasteiger partial charge on any atom is -0.391 e. The maximum Gasteiger partial charge on any atom is 0.164 e. The second-order valence-electron chi connectivity index (χ2n) is 5.58. The molecule has 1 aromatic rings. The first-order chi connectivity index (χ1) is 9.58. The second-order valence-corrected chi connectivity index (χ2v) is 6.02. The Bertz CT molecular complexity index is 446. The normalized spacial score (nSPS) is 23.0. The summed E-state index contributed by atoms with van der Waals surface area (Å²) in [6.45, 7) is 0.684. The summed E-state index contributed by atoms with van der Waals surface area (Å²) in [5.41, 5.74) is 0.701. The number of ketones is 1. The molecule has 3 nitrogen and oxygen atoms in total. The highest BCUT2D eigenvalue weighted by molar-refractivity contribution is 6.30. The number of benzene rings is 1. The van der Waals surface area contributed by atoms with Gasteiger partial charge < -0.3 is 10.0 Å². The zero-order valence-electron chi connectivity index (χ0n) is 11.9. The number of aliphatic hydroxyl groups excluding tert-OH is 1. The third-order valence-corrected chi connectivity index (χ3v) is 4.37. The van der Waals surface area contributed by atoms with Crippen LogP contribution < -0.4 is 0 Å². The Kier molecular flexibility index (Phi) is 5.58. The SMILES string of the molecule is CN(CCC(=O)c1ccc(Cl)cc1)C1CCCCC1O. The van der Waals surface area contributed by atoms with E-state index in [1.165, 1.54) is 0 Å². The van der Waals surface area contributed by atoms with Crippen molar-refractivity contribution in [2.75, 3.05) is 13.6 Å². The molecule has 0 amide bonds. The molecule has 1 aromatic carbocycles. The number of aliphatic hydroxyl groups is 1. The third kappa shape index (κ3) is 4.05. The number of halogens is 1. The van der Waals surface area contributed by atoms with Gasteiger partial charge in [-0.25, -0.2) is 0 Å². The van der Waals surface area contributed by atoms with E-state index in [-0.39, 0.29) is 17.9 Å². The van der Waals surface area contributed by atoms with Crippen LogP contribution in [0.25, 0.3) is 0 Å². The number of hydrogen-bond donors (Lipinski definition) is 1. The van der Waals surface area contributed by atoms with Crippen LogP contribution in [0.3, 0.4) is 0 Å². The van der Waals surface area contributed by atoms with E-state index in [9.17, 15) is 9.90 Å². The lowest BCUT2D eigenvalue weighted by Crippen LogP contribution is -2.44. The summed E-state index contributed by atoms with van der Waals surface area (Å²) in [5.74, 6) is 0.124. The maximum atomic E-state index is 12.1. The van der Waals surface area contributed by atoms with E-state index in [1.807, 2.05) is 7.05 Å². The van der Waals surface area contributed by atoms with E-state index in [1.54, 1.807) is 24.3 Å². The number of hydrogen-bond acceptors (Lipinski definition) is 3. The number of Topliss-reactive ketones (excluding diaryl/α,β-unsaturated/α-hetero) is 1. The molecule has 20 heavy (non-hydrogen) atoms. The summed E-state index contributed by atoms with van der Waals surface area (Å²) >= 11 is 5.81. The lowest BCUT2D eigenvalue weighted by molar-refractivity contribution is 0.0315. The fourth-order valence-electron chi connectivity index (χ4n) is 2.83. The number of likely N-dealkylation sites (N-methyl/N-ethyl adjacent to an activating group) is 1. The Morgan fingerprint density at radius 1 is 1.30 bits per heavy atom. The van der Waals surface area contributed by atoms with Gasteiger partial charge in [0.25, 0.3) is 0 Å². The van der Waals surface area contributed by atoms with Crippen molar-refractivity contribution in [2.45, 2.75) is 44.2 Å². The van der Waals surface area contributed by atoms with Gasteiger partial charge in [0, 0.05) is 29.6 Å². The minimum absolute atomic E-state index is 0.124. The monoisotopic (exact) mass is 295 g/mol. The molecule has 110 valence electrons. The van der Waals surface area contributed by atoms with Gasteiger partial charge in [-0.2, -0.15) is 0 Å². The molecular formula is C16H22ClNO2. The van der Waals surface area contributed by atoms with Crippen LogP contribution in [-0.4, -0.2) is 41.5 Å². The van der Waals surface area contributed by atoms with E-state index in [4.69, 9.17) is 11.6 Å². The van der Waals surface area contributed by atoms with Crippen LogP contribution in [0.15, 0.2) is 24.3 Å². The zero-order chi connectivity index (χ0) is 14.5. The van der Waals surface area contributed by atoms with Crippen molar-refractivity contribution in [1.29, 1.82) is 0 Å². The van der Waals surface area contributed by atoms with E-state index >= 15 is 0 Å². The van der Waals surface area contributed by atoms with Crippen LogP contribution in [-0.2, 0) is 0 Å². The first-order valence-electron chi connectivity index (χ1n) is 7.25. The Labute approximate surface area is 125 Å². The highest BCUT2D eigenvalue weighted by Gasteiger charge is 2.26. The highest BCUT2D eigenvalue weighted by Crippen LogP contribution is 2.22. The Morgan fingerprint density at radius 2 is 1.95 bits per heavy atom. The van der Waals surface area contributed by atoms with Crippen LogP contribution in [0.4, 0.5) is 0 Å². The van der Waals surface area contributed by atoms with Crippen LogP contribution in [0.1, 0.15) is 42.5 Å². The maximum absolute atomic E-state index is 12.1. The van der Waals surface area contributed by atoms with Gasteiger partial charge >= 0.3 is 0 Å². The molecule has 1 aliphatic carbocycles. The molecule has 1 N–H and O–H groups in total. The first-order valence-corrected chi connectivity index (χ1v) is 7.63. The van der Waals surface area contributed by atoms with Crippen LogP contribution in [0, 0.1) is 0 Å². The van der Waals surface area contributed by atoms with Gasteiger partial charge in [-0.05, 0) is 44.2 Å². The molecule has 0 saturated heterocycles. The molecule has 4 heteroatoms. The largest absolute Gasteiger partial charge is 0.391 e. The van der Waals surface area contributed by atoms with Gasteiger partial charge in [0.05, 0.1) is 6.10 Å². The van der Waals surface area contributed by atoms with Gasteiger partial charge in [0.15, 0.2) is 5.78 Å². The quantitative estimate of drug-likeness (QED) is 0.848. The molecule has 0 aromatic heterocycles. The Hall–Kier alpha value is -0.900. The average molecular weight is 296 g/mol. The first kappa shape index (κ1) is 15.5. The van der Waals surface area contributed by atoms with Crippen LogP contribution >= 0.6 is 11.6 Å². The van der Waals surface area contributed by atoms with E-state index in [0.717, 1.165) is 25.7 Å². The van der Waals surface area contributed by atoms with Crippen molar-refractivity contribution in [2.24, 2.45) is 0 Å². The standard InChI is InChI=1S/C16H22ClNO2/c1-18(14-4-2-3-5-16(14)20)11-10-15(19)12-6-8-13(17)9-7-12/h6-9,14,16,20H,2-5,10-11H2,1H3. The van der Waals surface area contributed by atoms with Crippen molar-refractivity contribution >= 4 is 17.4 Å². The second kappa shape index (κ2) is 7.21. The fourth-order valence-corrected chi connectivity index (χ4v) is 2.96. The number of carbonyl (C=O) groups excluding carboxylic acids is 1. The fraction of sp³-hybridized carbons (Fsp3) is 0.562. The van der Waals surface area contributed by atoms with Gasteiger partial charge in [-0.1, -0.05) is 24.4 Å². The van der Waals surface area contributed by atoms with Crippen LogP contribution in [0.2, 0.25) is 5.02 Å². The zero-order valence-corrected chi connectivity index (χ0v) is 12.6. The van der Waals surface area contributed by atoms with Crippen molar-refractivity contribution in [1.82, 2.24) is 4.90 Å². The van der Waals surface area contributed by atoms with E-state index < -0.39 is 0 Å². The van der Waals surface area contributed by atoms with E-state index in [2.05, 4.69) is 4.90 Å². The summed E-state index contributed by atoms with van der Waals surface area (Å²) in [5, 5.41) is 10.7. The predicted octanol–water partition coefficient (Wildman–Crippen LogP) is 3.15. The lowest BCUT2D eigenvalue weighted by Gasteiger charge is -2.35.